The summed E-state index contributed by atoms with van der Waals surface area (Å²) in [6.07, 6.45) is 3.87. The van der Waals surface area contributed by atoms with Crippen molar-refractivity contribution in [2.75, 3.05) is 10.6 Å². The molecule has 3 amide bonds. The van der Waals surface area contributed by atoms with Gasteiger partial charge in [-0.3, -0.25) is 4.79 Å². The van der Waals surface area contributed by atoms with Crippen molar-refractivity contribution >= 4 is 46.9 Å². The molecule has 2 aromatic heterocycles. The normalized spacial score (nSPS) is 19.2. The lowest BCUT2D eigenvalue weighted by Crippen LogP contribution is -2.25. The predicted molar refractivity (Wildman–Crippen MR) is 115 cm³/mol. The molecule has 1 aromatic carbocycles. The Kier molecular flexibility index (Phi) is 4.91. The molecule has 1 unspecified atom stereocenters. The zero-order valence-electron chi connectivity index (χ0n) is 16.4. The highest BCUT2D eigenvalue weighted by Gasteiger charge is 2.26. The van der Waals surface area contributed by atoms with Crippen molar-refractivity contribution < 1.29 is 19.1 Å². The van der Waals surface area contributed by atoms with Gasteiger partial charge in [0.25, 0.3) is 5.91 Å². The van der Waals surface area contributed by atoms with E-state index in [2.05, 4.69) is 31.3 Å². The van der Waals surface area contributed by atoms with Gasteiger partial charge >= 0.3 is 6.03 Å². The Morgan fingerprint density at radius 3 is 2.91 bits per heavy atom. The number of carbonyl (C=O) groups is 2. The van der Waals surface area contributed by atoms with Crippen molar-refractivity contribution in [1.82, 2.24) is 25.2 Å². The van der Waals surface area contributed by atoms with Crippen molar-refractivity contribution in [1.29, 1.82) is 0 Å². The zero-order chi connectivity index (χ0) is 22.4. The highest BCUT2D eigenvalue weighted by Crippen LogP contribution is 2.28. The van der Waals surface area contributed by atoms with Crippen molar-refractivity contribution in [3.05, 3.63) is 58.1 Å². The molecule has 2 aliphatic rings. The minimum atomic E-state index is -1.19. The monoisotopic (exact) mass is 457 g/mol. The first-order chi connectivity index (χ1) is 15.4. The molecule has 0 bridgehead atoms. The second-order valence-electron chi connectivity index (χ2n) is 7.44. The molecule has 2 fully saturated rings. The fourth-order valence-corrected chi connectivity index (χ4v) is 3.44. The third kappa shape index (κ3) is 3.83. The van der Waals surface area contributed by atoms with Crippen LogP contribution in [-0.2, 0) is 0 Å². The number of aromatic nitrogens is 3. The van der Waals surface area contributed by atoms with Gasteiger partial charge in [-0.1, -0.05) is 17.7 Å². The first-order valence-corrected chi connectivity index (χ1v) is 10.1. The van der Waals surface area contributed by atoms with E-state index in [9.17, 15) is 19.1 Å². The van der Waals surface area contributed by atoms with Crippen LogP contribution in [0.2, 0.25) is 5.02 Å². The van der Waals surface area contributed by atoms with Crippen LogP contribution in [0, 0.1) is 5.82 Å². The van der Waals surface area contributed by atoms with Crippen LogP contribution >= 0.6 is 11.6 Å². The Hall–Kier alpha value is -3.70. The van der Waals surface area contributed by atoms with Gasteiger partial charge in [0.15, 0.2) is 17.7 Å². The Bertz CT molecular complexity index is 1290. The van der Waals surface area contributed by atoms with E-state index in [1.54, 1.807) is 10.6 Å². The van der Waals surface area contributed by atoms with Crippen LogP contribution in [-0.4, -0.2) is 43.9 Å². The number of anilines is 2. The summed E-state index contributed by atoms with van der Waals surface area (Å²) >= 11 is 5.78. The Labute approximate surface area is 185 Å². The van der Waals surface area contributed by atoms with Crippen LogP contribution in [0.1, 0.15) is 28.8 Å². The number of amides is 3. The van der Waals surface area contributed by atoms with Gasteiger partial charge in [-0.15, -0.1) is 0 Å². The third-order valence-electron chi connectivity index (χ3n) is 5.00. The van der Waals surface area contributed by atoms with E-state index in [1.165, 1.54) is 30.5 Å². The standard InChI is InChI=1S/C20H17ClFN7O3/c21-12-3-1-2-11(16(12)22)18(30)27-14-7-15(24-10-4-5-10)29-17(26-14)9(8-23-29)6-13-19(31)28-20(32)25-13/h1-3,6-8,10,19,24,31H,4-5H2,(H2,25,28,32)(H,26,27,30)/b13-6-. The summed E-state index contributed by atoms with van der Waals surface area (Å²) in [7, 11) is 0. The lowest BCUT2D eigenvalue weighted by molar-refractivity contribution is 0.102. The molecule has 0 spiro atoms. The van der Waals surface area contributed by atoms with E-state index in [1.807, 2.05) is 0 Å². The predicted octanol–water partition coefficient (Wildman–Crippen LogP) is 2.32. The zero-order valence-corrected chi connectivity index (χ0v) is 17.2. The Balaban J connectivity index is 1.54. The average molecular weight is 458 g/mol. The molecule has 3 aromatic rings. The molecule has 1 saturated carbocycles. The number of fused-ring (bicyclic) bond motifs is 1. The van der Waals surface area contributed by atoms with Gasteiger partial charge in [0.1, 0.15) is 11.6 Å². The molecule has 32 heavy (non-hydrogen) atoms. The van der Waals surface area contributed by atoms with Gasteiger partial charge in [0.2, 0.25) is 0 Å². The molecule has 0 radical (unpaired) electrons. The molecule has 5 rings (SSSR count). The number of hydrogen-bond donors (Lipinski definition) is 5. The van der Waals surface area contributed by atoms with E-state index < -0.39 is 24.0 Å². The van der Waals surface area contributed by atoms with Crippen molar-refractivity contribution in [3.63, 3.8) is 0 Å². The number of hydrogen-bond acceptors (Lipinski definition) is 6. The summed E-state index contributed by atoms with van der Waals surface area (Å²) in [5, 5.41) is 24.8. The number of nitrogens with one attached hydrogen (secondary N) is 4. The van der Waals surface area contributed by atoms with Crippen LogP contribution in [0.3, 0.4) is 0 Å². The number of nitrogens with zero attached hydrogens (tertiary/aromatic N) is 3. The molecule has 1 aliphatic carbocycles. The van der Waals surface area contributed by atoms with Gasteiger partial charge in [0.05, 0.1) is 22.5 Å². The molecule has 1 saturated heterocycles. The summed E-state index contributed by atoms with van der Waals surface area (Å²) in [4.78, 5) is 28.5. The third-order valence-corrected chi connectivity index (χ3v) is 5.29. The summed E-state index contributed by atoms with van der Waals surface area (Å²) in [6, 6.07) is 5.51. The lowest BCUT2D eigenvalue weighted by atomic mass is 10.2. The highest BCUT2D eigenvalue weighted by molar-refractivity contribution is 6.31. The van der Waals surface area contributed by atoms with Crippen LogP contribution < -0.4 is 21.3 Å². The second-order valence-corrected chi connectivity index (χ2v) is 7.84. The minimum Gasteiger partial charge on any atom is -0.368 e. The first-order valence-electron chi connectivity index (χ1n) is 9.77. The SMILES string of the molecule is O=C1N/C(=C\c2cnn3c(NC4CC4)cc(NC(=O)c4cccc(Cl)c4F)nc23)C(O)N1. The van der Waals surface area contributed by atoms with E-state index in [-0.39, 0.29) is 28.1 Å². The maximum absolute atomic E-state index is 14.3. The van der Waals surface area contributed by atoms with Crippen LogP contribution in [0.4, 0.5) is 20.8 Å². The number of benzene rings is 1. The molecular weight excluding hydrogens is 441 g/mol. The van der Waals surface area contributed by atoms with Crippen LogP contribution in [0.5, 0.6) is 0 Å². The molecule has 1 aliphatic heterocycles. The number of urea groups is 1. The van der Waals surface area contributed by atoms with Crippen molar-refractivity contribution in [2.45, 2.75) is 25.1 Å². The van der Waals surface area contributed by atoms with Gasteiger partial charge in [0, 0.05) is 17.7 Å². The number of rotatable bonds is 5. The number of halogens is 2. The Morgan fingerprint density at radius 1 is 1.38 bits per heavy atom. The number of aliphatic hydroxyl groups excluding tert-OH is 1. The maximum atomic E-state index is 14.3. The van der Waals surface area contributed by atoms with Crippen LogP contribution in [0.15, 0.2) is 36.2 Å². The smallest absolute Gasteiger partial charge is 0.321 e. The maximum Gasteiger partial charge on any atom is 0.321 e. The van der Waals surface area contributed by atoms with Crippen molar-refractivity contribution in [2.24, 2.45) is 0 Å². The average Bonchev–Trinajstić information content (AvgIpc) is 3.38. The second kappa shape index (κ2) is 7.77. The van der Waals surface area contributed by atoms with Gasteiger partial charge in [-0.2, -0.15) is 9.61 Å². The van der Waals surface area contributed by atoms with E-state index in [0.29, 0.717) is 17.0 Å². The largest absolute Gasteiger partial charge is 0.368 e. The van der Waals surface area contributed by atoms with E-state index >= 15 is 0 Å². The minimum absolute atomic E-state index is 0.160. The molecule has 3 heterocycles. The van der Waals surface area contributed by atoms with Gasteiger partial charge in [-0.25, -0.2) is 14.2 Å². The summed E-state index contributed by atoms with van der Waals surface area (Å²) < 4.78 is 15.8. The van der Waals surface area contributed by atoms with Crippen LogP contribution in [0.25, 0.3) is 11.7 Å². The quantitative estimate of drug-likeness (QED) is 0.399. The molecule has 164 valence electrons. The molecule has 5 N–H and O–H groups in total. The number of carbonyl (C=O) groups excluding carboxylic acids is 2. The van der Waals surface area contributed by atoms with E-state index in [4.69, 9.17) is 11.6 Å². The molecule has 1 atom stereocenters. The fraction of sp³-hybridized carbons (Fsp3) is 0.200. The summed E-state index contributed by atoms with van der Waals surface area (Å²) in [5.74, 6) is -0.781. The number of aliphatic hydroxyl groups is 1. The summed E-state index contributed by atoms with van der Waals surface area (Å²) in [6.45, 7) is 0. The topological polar surface area (TPSA) is 133 Å². The highest BCUT2D eigenvalue weighted by atomic mass is 35.5. The van der Waals surface area contributed by atoms with Crippen molar-refractivity contribution in [3.8, 4) is 0 Å². The van der Waals surface area contributed by atoms with E-state index in [0.717, 1.165) is 12.8 Å². The fourth-order valence-electron chi connectivity index (χ4n) is 3.27. The molecule has 10 nitrogen and oxygen atoms in total. The Morgan fingerprint density at radius 2 is 2.19 bits per heavy atom. The molecular formula is C20H17ClFN7O3. The van der Waals surface area contributed by atoms with Gasteiger partial charge in [-0.05, 0) is 31.1 Å². The van der Waals surface area contributed by atoms with Gasteiger partial charge < -0.3 is 26.4 Å². The lowest BCUT2D eigenvalue weighted by Gasteiger charge is -2.11. The first kappa shape index (κ1) is 20.2. The molecule has 12 heteroatoms. The summed E-state index contributed by atoms with van der Waals surface area (Å²) in [5.41, 5.74) is 0.874.